The lowest BCUT2D eigenvalue weighted by atomic mass is 10.2. The number of carboxylic acids is 1. The first-order valence-corrected chi connectivity index (χ1v) is 6.51. The van der Waals surface area contributed by atoms with Gasteiger partial charge >= 0.3 is 5.97 Å². The predicted molar refractivity (Wildman–Crippen MR) is 72.7 cm³/mol. The Morgan fingerprint density at radius 2 is 2.22 bits per heavy atom. The number of nitrogens with zero attached hydrogens (tertiary/aromatic N) is 1. The second-order valence-corrected chi connectivity index (χ2v) is 4.46. The van der Waals surface area contributed by atoms with Gasteiger partial charge in [-0.1, -0.05) is 6.07 Å². The summed E-state index contributed by atoms with van der Waals surface area (Å²) in [5.41, 5.74) is 1.54. The number of hydrogen-bond acceptors (Lipinski definition) is 4. The van der Waals surface area contributed by atoms with Gasteiger partial charge in [-0.2, -0.15) is 0 Å². The van der Waals surface area contributed by atoms with E-state index in [1.165, 1.54) is 18.5 Å². The summed E-state index contributed by atoms with van der Waals surface area (Å²) in [5, 5.41) is 12.1. The summed E-state index contributed by atoms with van der Waals surface area (Å²) >= 11 is 1.63. The molecule has 0 radical (unpaired) electrons. The maximum absolute atomic E-state index is 11.1. The number of carboxylic acid groups (broad SMARTS) is 1. The van der Waals surface area contributed by atoms with E-state index in [-0.39, 0.29) is 5.56 Å². The van der Waals surface area contributed by atoms with Gasteiger partial charge in [-0.25, -0.2) is 4.79 Å². The molecule has 92 valence electrons. The van der Waals surface area contributed by atoms with E-state index in [9.17, 15) is 4.79 Å². The van der Waals surface area contributed by atoms with Gasteiger partial charge in [-0.15, -0.1) is 11.8 Å². The molecule has 2 aromatic rings. The average molecular weight is 260 g/mol. The van der Waals surface area contributed by atoms with E-state index >= 15 is 0 Å². The molecule has 0 aliphatic heterocycles. The van der Waals surface area contributed by atoms with Crippen molar-refractivity contribution in [2.45, 2.75) is 4.90 Å². The van der Waals surface area contributed by atoms with Gasteiger partial charge in [0.2, 0.25) is 0 Å². The molecular weight excluding hydrogens is 248 g/mol. The van der Waals surface area contributed by atoms with Crippen LogP contribution in [0.25, 0.3) is 0 Å². The van der Waals surface area contributed by atoms with Crippen molar-refractivity contribution in [3.05, 3.63) is 48.3 Å². The van der Waals surface area contributed by atoms with Crippen molar-refractivity contribution in [1.29, 1.82) is 0 Å². The van der Waals surface area contributed by atoms with Crippen LogP contribution in [0, 0.1) is 0 Å². The molecule has 4 nitrogen and oxygen atoms in total. The van der Waals surface area contributed by atoms with Crippen molar-refractivity contribution >= 4 is 29.1 Å². The highest BCUT2D eigenvalue weighted by Crippen LogP contribution is 2.23. The molecule has 0 unspecified atom stereocenters. The Labute approximate surface area is 109 Å². The number of nitrogens with one attached hydrogen (secondary N) is 1. The van der Waals surface area contributed by atoms with E-state index in [0.717, 1.165) is 10.6 Å². The zero-order valence-electron chi connectivity index (χ0n) is 9.75. The fourth-order valence-corrected chi connectivity index (χ4v) is 2.00. The Balaban J connectivity index is 2.31. The fourth-order valence-electron chi connectivity index (χ4n) is 1.54. The number of thioether (sulfide) groups is 1. The third-order valence-electron chi connectivity index (χ3n) is 2.40. The van der Waals surface area contributed by atoms with Crippen LogP contribution in [0.4, 0.5) is 11.4 Å². The summed E-state index contributed by atoms with van der Waals surface area (Å²) in [6, 6.07) is 9.24. The SMILES string of the molecule is CSc1cccc(Nc2cnccc2C(=O)O)c1. The molecule has 0 saturated heterocycles. The van der Waals surface area contributed by atoms with Crippen LogP contribution >= 0.6 is 11.8 Å². The van der Waals surface area contributed by atoms with Crippen LogP contribution in [0.5, 0.6) is 0 Å². The maximum Gasteiger partial charge on any atom is 0.337 e. The second-order valence-electron chi connectivity index (χ2n) is 3.58. The number of benzene rings is 1. The predicted octanol–water partition coefficient (Wildman–Crippen LogP) is 3.25. The first-order chi connectivity index (χ1) is 8.70. The Hall–Kier alpha value is -2.01. The Morgan fingerprint density at radius 3 is 2.94 bits per heavy atom. The van der Waals surface area contributed by atoms with Crippen LogP contribution in [-0.2, 0) is 0 Å². The molecular formula is C13H12N2O2S. The van der Waals surface area contributed by atoms with Gasteiger partial charge in [0, 0.05) is 16.8 Å². The molecule has 0 fully saturated rings. The van der Waals surface area contributed by atoms with Crippen LogP contribution in [0.2, 0.25) is 0 Å². The first-order valence-electron chi connectivity index (χ1n) is 5.29. The number of pyridine rings is 1. The number of anilines is 2. The van der Waals surface area contributed by atoms with Crippen molar-refractivity contribution in [3.63, 3.8) is 0 Å². The third kappa shape index (κ3) is 2.81. The van der Waals surface area contributed by atoms with Gasteiger partial charge in [-0.05, 0) is 30.5 Å². The Kier molecular flexibility index (Phi) is 3.84. The normalized spacial score (nSPS) is 10.1. The van der Waals surface area contributed by atoms with Gasteiger partial charge < -0.3 is 10.4 Å². The van der Waals surface area contributed by atoms with Crippen molar-refractivity contribution in [1.82, 2.24) is 4.98 Å². The zero-order chi connectivity index (χ0) is 13.0. The molecule has 2 N–H and O–H groups in total. The quantitative estimate of drug-likeness (QED) is 0.826. The Morgan fingerprint density at radius 1 is 1.39 bits per heavy atom. The number of aromatic carboxylic acids is 1. The topological polar surface area (TPSA) is 62.2 Å². The molecule has 1 aromatic carbocycles. The smallest absolute Gasteiger partial charge is 0.337 e. The molecule has 5 heteroatoms. The number of aromatic nitrogens is 1. The van der Waals surface area contributed by atoms with E-state index in [2.05, 4.69) is 10.3 Å². The Bertz CT molecular complexity index is 572. The third-order valence-corrected chi connectivity index (χ3v) is 3.13. The molecule has 0 saturated carbocycles. The van der Waals surface area contributed by atoms with Crippen LogP contribution in [0.15, 0.2) is 47.6 Å². The molecule has 18 heavy (non-hydrogen) atoms. The van der Waals surface area contributed by atoms with E-state index in [1.54, 1.807) is 11.8 Å². The van der Waals surface area contributed by atoms with Crippen LogP contribution in [0.3, 0.4) is 0 Å². The number of hydrogen-bond donors (Lipinski definition) is 2. The lowest BCUT2D eigenvalue weighted by Crippen LogP contribution is -2.03. The summed E-state index contributed by atoms with van der Waals surface area (Å²) < 4.78 is 0. The van der Waals surface area contributed by atoms with E-state index < -0.39 is 5.97 Å². The number of carbonyl (C=O) groups is 1. The molecule has 0 spiro atoms. The zero-order valence-corrected chi connectivity index (χ0v) is 10.6. The maximum atomic E-state index is 11.1. The van der Waals surface area contributed by atoms with E-state index in [0.29, 0.717) is 5.69 Å². The minimum Gasteiger partial charge on any atom is -0.478 e. The van der Waals surface area contributed by atoms with Gasteiger partial charge in [0.1, 0.15) is 0 Å². The van der Waals surface area contributed by atoms with Crippen molar-refractivity contribution in [3.8, 4) is 0 Å². The monoisotopic (exact) mass is 260 g/mol. The standard InChI is InChI=1S/C13H12N2O2S/c1-18-10-4-2-3-9(7-10)15-12-8-14-6-5-11(12)13(16)17/h2-8,15H,1H3,(H,16,17). The average Bonchev–Trinajstić information content (AvgIpc) is 2.39. The molecule has 1 heterocycles. The van der Waals surface area contributed by atoms with E-state index in [4.69, 9.17) is 5.11 Å². The molecule has 0 atom stereocenters. The minimum absolute atomic E-state index is 0.208. The van der Waals surface area contributed by atoms with Crippen molar-refractivity contribution in [2.75, 3.05) is 11.6 Å². The summed E-state index contributed by atoms with van der Waals surface area (Å²) in [6.07, 6.45) is 4.97. The van der Waals surface area contributed by atoms with Crippen LogP contribution in [0.1, 0.15) is 10.4 Å². The molecule has 0 amide bonds. The summed E-state index contributed by atoms with van der Waals surface area (Å²) in [5.74, 6) is -0.971. The summed E-state index contributed by atoms with van der Waals surface area (Å²) in [6.45, 7) is 0. The van der Waals surface area contributed by atoms with Crippen molar-refractivity contribution < 1.29 is 9.90 Å². The van der Waals surface area contributed by atoms with Gasteiger partial charge in [0.15, 0.2) is 0 Å². The minimum atomic E-state index is -0.971. The fraction of sp³-hybridized carbons (Fsp3) is 0.0769. The number of rotatable bonds is 4. The molecule has 0 bridgehead atoms. The summed E-state index contributed by atoms with van der Waals surface area (Å²) in [7, 11) is 0. The summed E-state index contributed by atoms with van der Waals surface area (Å²) in [4.78, 5) is 16.1. The molecule has 2 rings (SSSR count). The molecule has 0 aliphatic rings. The van der Waals surface area contributed by atoms with Crippen LogP contribution in [-0.4, -0.2) is 22.3 Å². The second kappa shape index (κ2) is 5.55. The van der Waals surface area contributed by atoms with Gasteiger partial charge in [-0.3, -0.25) is 4.98 Å². The highest BCUT2D eigenvalue weighted by molar-refractivity contribution is 7.98. The molecule has 0 aliphatic carbocycles. The van der Waals surface area contributed by atoms with Crippen molar-refractivity contribution in [2.24, 2.45) is 0 Å². The highest BCUT2D eigenvalue weighted by Gasteiger charge is 2.09. The lowest BCUT2D eigenvalue weighted by Gasteiger charge is -2.09. The van der Waals surface area contributed by atoms with Crippen LogP contribution < -0.4 is 5.32 Å². The van der Waals surface area contributed by atoms with Gasteiger partial charge in [0.25, 0.3) is 0 Å². The molecule has 1 aromatic heterocycles. The van der Waals surface area contributed by atoms with E-state index in [1.807, 2.05) is 30.5 Å². The van der Waals surface area contributed by atoms with Gasteiger partial charge in [0.05, 0.1) is 17.4 Å². The first kappa shape index (κ1) is 12.4. The lowest BCUT2D eigenvalue weighted by molar-refractivity contribution is 0.0698. The highest BCUT2D eigenvalue weighted by atomic mass is 32.2. The largest absolute Gasteiger partial charge is 0.478 e.